The van der Waals surface area contributed by atoms with Gasteiger partial charge in [0.1, 0.15) is 0 Å². The Balaban J connectivity index is 3.63. The molecule has 1 atom stereocenters. The first kappa shape index (κ1) is 37.6. The van der Waals surface area contributed by atoms with E-state index < -0.39 is 0 Å². The van der Waals surface area contributed by atoms with Crippen molar-refractivity contribution in [3.05, 3.63) is 0 Å². The fraction of sp³-hybridized carbons (Fsp3) is 0.909. The van der Waals surface area contributed by atoms with Crippen molar-refractivity contribution in [2.75, 3.05) is 13.1 Å². The predicted octanol–water partition coefficient (Wildman–Crippen LogP) is 7.63. The Morgan fingerprint density at radius 1 is 0.590 bits per heavy atom. The van der Waals surface area contributed by atoms with Crippen molar-refractivity contribution < 1.29 is 14.4 Å². The molecule has 0 rings (SSSR count). The maximum atomic E-state index is 12.5. The van der Waals surface area contributed by atoms with Crippen LogP contribution in [0.2, 0.25) is 0 Å². The molecule has 0 aliphatic rings. The Bertz CT molecular complexity index is 628. The molecule has 3 N–H and O–H groups in total. The summed E-state index contributed by atoms with van der Waals surface area (Å²) in [6, 6.07) is -0.135. The molecule has 2 amide bonds. The SMILES string of the molecule is CCCCCCCCCCCCCCCC(=O)NCCCC(=O)NCCCCC(NC(C)(C)C)C(=O)C(C)C. The Morgan fingerprint density at radius 2 is 1.03 bits per heavy atom. The van der Waals surface area contributed by atoms with Crippen molar-refractivity contribution in [3.63, 3.8) is 0 Å². The second-order valence-corrected chi connectivity index (χ2v) is 12.8. The van der Waals surface area contributed by atoms with Gasteiger partial charge in [-0.1, -0.05) is 97.8 Å². The molecule has 0 bridgehead atoms. The molecule has 6 nitrogen and oxygen atoms in total. The lowest BCUT2D eigenvalue weighted by Crippen LogP contribution is -2.49. The number of unbranched alkanes of at least 4 members (excludes halogenated alkanes) is 13. The maximum Gasteiger partial charge on any atom is 0.220 e. The number of Topliss-reactive ketones (excluding diaryl/α,β-unsaturated/α-hetero) is 1. The van der Waals surface area contributed by atoms with Crippen LogP contribution in [-0.2, 0) is 14.4 Å². The average Bonchev–Trinajstić information content (AvgIpc) is 2.87. The van der Waals surface area contributed by atoms with E-state index in [1.165, 1.54) is 70.6 Å². The standard InChI is InChI=1S/C33H65N3O3/c1-7-8-9-10-11-12-13-14-15-16-17-18-19-24-30(37)35-27-22-25-31(38)34-26-21-20-23-29(32(39)28(2)3)36-33(4,5)6/h28-29,36H,7-27H2,1-6H3,(H,34,38)(H,35,37). The number of amides is 2. The molecule has 0 aromatic rings. The Labute approximate surface area is 242 Å². The molecule has 1 unspecified atom stereocenters. The van der Waals surface area contributed by atoms with Gasteiger partial charge < -0.3 is 16.0 Å². The molecule has 230 valence electrons. The summed E-state index contributed by atoms with van der Waals surface area (Å²) in [6.07, 6.45) is 21.2. The monoisotopic (exact) mass is 552 g/mol. The highest BCUT2D eigenvalue weighted by Crippen LogP contribution is 2.14. The summed E-state index contributed by atoms with van der Waals surface area (Å²) >= 11 is 0. The lowest BCUT2D eigenvalue weighted by atomic mass is 9.94. The van der Waals surface area contributed by atoms with Crippen molar-refractivity contribution in [3.8, 4) is 0 Å². The van der Waals surface area contributed by atoms with Crippen molar-refractivity contribution in [1.82, 2.24) is 16.0 Å². The lowest BCUT2D eigenvalue weighted by Gasteiger charge is -2.29. The summed E-state index contributed by atoms with van der Waals surface area (Å²) in [7, 11) is 0. The average molecular weight is 552 g/mol. The van der Waals surface area contributed by atoms with E-state index in [0.717, 1.165) is 32.1 Å². The smallest absolute Gasteiger partial charge is 0.220 e. The molecule has 0 aromatic carbocycles. The van der Waals surface area contributed by atoms with Crippen LogP contribution in [0, 0.1) is 5.92 Å². The van der Waals surface area contributed by atoms with Gasteiger partial charge in [0.2, 0.25) is 11.8 Å². The van der Waals surface area contributed by atoms with E-state index in [9.17, 15) is 14.4 Å². The molecule has 0 spiro atoms. The quantitative estimate of drug-likeness (QED) is 0.0964. The van der Waals surface area contributed by atoms with Gasteiger partial charge in [0, 0.05) is 37.4 Å². The van der Waals surface area contributed by atoms with Crippen molar-refractivity contribution >= 4 is 17.6 Å². The zero-order chi connectivity index (χ0) is 29.4. The van der Waals surface area contributed by atoms with Gasteiger partial charge in [0.25, 0.3) is 0 Å². The molecular weight excluding hydrogens is 486 g/mol. The van der Waals surface area contributed by atoms with Gasteiger partial charge in [0.15, 0.2) is 5.78 Å². The van der Waals surface area contributed by atoms with Gasteiger partial charge in [-0.05, 0) is 52.9 Å². The number of ketones is 1. The third kappa shape index (κ3) is 25.3. The van der Waals surface area contributed by atoms with Crippen LogP contribution < -0.4 is 16.0 Å². The van der Waals surface area contributed by atoms with Crippen LogP contribution in [0.3, 0.4) is 0 Å². The van der Waals surface area contributed by atoms with E-state index in [1.54, 1.807) is 0 Å². The summed E-state index contributed by atoms with van der Waals surface area (Å²) < 4.78 is 0. The molecular formula is C33H65N3O3. The molecule has 0 heterocycles. The number of hydrogen-bond donors (Lipinski definition) is 3. The normalized spacial score (nSPS) is 12.5. The molecule has 0 saturated heterocycles. The number of hydrogen-bond acceptors (Lipinski definition) is 4. The molecule has 39 heavy (non-hydrogen) atoms. The van der Waals surface area contributed by atoms with Crippen molar-refractivity contribution in [2.45, 2.75) is 175 Å². The van der Waals surface area contributed by atoms with Crippen LogP contribution >= 0.6 is 0 Å². The van der Waals surface area contributed by atoms with Crippen LogP contribution in [-0.4, -0.2) is 42.3 Å². The maximum absolute atomic E-state index is 12.5. The van der Waals surface area contributed by atoms with Gasteiger partial charge >= 0.3 is 0 Å². The van der Waals surface area contributed by atoms with Gasteiger partial charge in [-0.15, -0.1) is 0 Å². The number of carbonyl (C=O) groups is 3. The summed E-state index contributed by atoms with van der Waals surface area (Å²) in [4.78, 5) is 36.6. The summed E-state index contributed by atoms with van der Waals surface area (Å²) in [6.45, 7) is 13.6. The van der Waals surface area contributed by atoms with Gasteiger partial charge in [-0.2, -0.15) is 0 Å². The minimum atomic E-state index is -0.135. The minimum absolute atomic E-state index is 0.0133. The van der Waals surface area contributed by atoms with E-state index in [0.29, 0.717) is 32.4 Å². The van der Waals surface area contributed by atoms with E-state index in [4.69, 9.17) is 0 Å². The Hall–Kier alpha value is -1.43. The highest BCUT2D eigenvalue weighted by molar-refractivity contribution is 5.85. The van der Waals surface area contributed by atoms with Crippen LogP contribution in [0.5, 0.6) is 0 Å². The first-order valence-electron chi connectivity index (χ1n) is 16.4. The number of carbonyl (C=O) groups excluding carboxylic acids is 3. The minimum Gasteiger partial charge on any atom is -0.356 e. The van der Waals surface area contributed by atoms with Crippen LogP contribution in [0.25, 0.3) is 0 Å². The third-order valence-electron chi connectivity index (χ3n) is 7.17. The second kappa shape index (κ2) is 24.4. The Morgan fingerprint density at radius 3 is 1.49 bits per heavy atom. The van der Waals surface area contributed by atoms with Crippen molar-refractivity contribution in [1.29, 1.82) is 0 Å². The zero-order valence-electron chi connectivity index (χ0n) is 26.7. The number of nitrogens with one attached hydrogen (secondary N) is 3. The van der Waals surface area contributed by atoms with Gasteiger partial charge in [0.05, 0.1) is 6.04 Å². The second-order valence-electron chi connectivity index (χ2n) is 12.8. The van der Waals surface area contributed by atoms with Crippen LogP contribution in [0.4, 0.5) is 0 Å². The highest BCUT2D eigenvalue weighted by atomic mass is 16.2. The van der Waals surface area contributed by atoms with Gasteiger partial charge in [-0.25, -0.2) is 0 Å². The lowest BCUT2D eigenvalue weighted by molar-refractivity contribution is -0.124. The van der Waals surface area contributed by atoms with Gasteiger partial charge in [-0.3, -0.25) is 14.4 Å². The van der Waals surface area contributed by atoms with E-state index in [-0.39, 0.29) is 35.1 Å². The molecule has 0 radical (unpaired) electrons. The third-order valence-corrected chi connectivity index (χ3v) is 7.17. The summed E-state index contributed by atoms with van der Waals surface area (Å²) in [5.74, 6) is 0.403. The summed E-state index contributed by atoms with van der Waals surface area (Å²) in [5, 5.41) is 9.36. The number of rotatable bonds is 26. The zero-order valence-corrected chi connectivity index (χ0v) is 26.7. The topological polar surface area (TPSA) is 87.3 Å². The fourth-order valence-electron chi connectivity index (χ4n) is 4.87. The van der Waals surface area contributed by atoms with E-state index in [2.05, 4.69) is 43.6 Å². The molecule has 0 saturated carbocycles. The van der Waals surface area contributed by atoms with Crippen molar-refractivity contribution in [2.24, 2.45) is 5.92 Å². The van der Waals surface area contributed by atoms with E-state index in [1.807, 2.05) is 13.8 Å². The molecule has 0 aromatic heterocycles. The van der Waals surface area contributed by atoms with Crippen LogP contribution in [0.15, 0.2) is 0 Å². The predicted molar refractivity (Wildman–Crippen MR) is 166 cm³/mol. The Kier molecular flexibility index (Phi) is 23.5. The molecule has 6 heteroatoms. The summed E-state index contributed by atoms with van der Waals surface area (Å²) in [5.41, 5.74) is -0.106. The molecule has 0 aliphatic carbocycles. The first-order valence-corrected chi connectivity index (χ1v) is 16.4. The fourth-order valence-corrected chi connectivity index (χ4v) is 4.87. The highest BCUT2D eigenvalue weighted by Gasteiger charge is 2.25. The first-order chi connectivity index (χ1) is 18.6. The molecule has 0 aliphatic heterocycles. The van der Waals surface area contributed by atoms with E-state index >= 15 is 0 Å². The largest absolute Gasteiger partial charge is 0.356 e. The molecule has 0 fully saturated rings. The van der Waals surface area contributed by atoms with Crippen LogP contribution in [0.1, 0.15) is 164 Å².